The molecule has 1 atom stereocenters. The summed E-state index contributed by atoms with van der Waals surface area (Å²) in [6.07, 6.45) is 6.00. The average Bonchev–Trinajstić information content (AvgIpc) is 3.11. The summed E-state index contributed by atoms with van der Waals surface area (Å²) >= 11 is 0. The van der Waals surface area contributed by atoms with Gasteiger partial charge < -0.3 is 14.6 Å². The molecule has 3 aromatic carbocycles. The van der Waals surface area contributed by atoms with Gasteiger partial charge in [-0.05, 0) is 71.5 Å². The second-order valence-electron chi connectivity index (χ2n) is 7.98. The van der Waals surface area contributed by atoms with Gasteiger partial charge in [-0.3, -0.25) is 0 Å². The molecule has 0 aliphatic heterocycles. The highest BCUT2D eigenvalue weighted by atomic mass is 16.5. The summed E-state index contributed by atoms with van der Waals surface area (Å²) in [7, 11) is 0. The Morgan fingerprint density at radius 1 is 0.879 bits per heavy atom. The zero-order chi connectivity index (χ0) is 23.3. The van der Waals surface area contributed by atoms with Gasteiger partial charge in [-0.25, -0.2) is 0 Å². The van der Waals surface area contributed by atoms with Gasteiger partial charge in [-0.2, -0.15) is 0 Å². The fraction of sp³-hybridized carbons (Fsp3) is 0.200. The van der Waals surface area contributed by atoms with Crippen molar-refractivity contribution in [3.63, 3.8) is 0 Å². The zero-order valence-electron chi connectivity index (χ0n) is 19.3. The van der Waals surface area contributed by atoms with Gasteiger partial charge in [0.1, 0.15) is 18.1 Å². The molecule has 3 heteroatoms. The Morgan fingerprint density at radius 2 is 1.48 bits per heavy atom. The molecule has 168 valence electrons. The van der Waals surface area contributed by atoms with Crippen LogP contribution >= 0.6 is 0 Å². The number of allylic oxidation sites excluding steroid dienone is 5. The predicted octanol–water partition coefficient (Wildman–Crippen LogP) is 6.32. The van der Waals surface area contributed by atoms with E-state index < -0.39 is 5.41 Å². The number of aliphatic hydroxyl groups excluding tert-OH is 1. The van der Waals surface area contributed by atoms with Crippen LogP contribution < -0.4 is 9.47 Å². The molecule has 33 heavy (non-hydrogen) atoms. The van der Waals surface area contributed by atoms with Crippen LogP contribution in [-0.4, -0.2) is 24.9 Å². The lowest BCUT2D eigenvalue weighted by molar-refractivity contribution is 0.201. The minimum absolute atomic E-state index is 0.0102. The van der Waals surface area contributed by atoms with Gasteiger partial charge in [-0.1, -0.05) is 73.3 Å². The SMILES string of the molecule is C=C/C=C\C1=C(C)c2ccccc2C1(c1ccc(OCC)cc1)c1ccc(OCCO)cc1. The Balaban J connectivity index is 1.98. The van der Waals surface area contributed by atoms with Crippen LogP contribution in [-0.2, 0) is 5.41 Å². The first kappa shape index (κ1) is 22.6. The first-order valence-corrected chi connectivity index (χ1v) is 11.3. The minimum Gasteiger partial charge on any atom is -0.494 e. The van der Waals surface area contributed by atoms with E-state index in [4.69, 9.17) is 14.6 Å². The van der Waals surface area contributed by atoms with Crippen LogP contribution in [0.5, 0.6) is 11.5 Å². The van der Waals surface area contributed by atoms with Gasteiger partial charge in [0, 0.05) is 0 Å². The molecule has 0 bridgehead atoms. The summed E-state index contributed by atoms with van der Waals surface area (Å²) in [5.41, 5.74) is 6.80. The molecule has 3 aromatic rings. The number of rotatable bonds is 9. The van der Waals surface area contributed by atoms with Crippen LogP contribution in [0.25, 0.3) is 5.57 Å². The van der Waals surface area contributed by atoms with E-state index in [1.807, 2.05) is 43.3 Å². The van der Waals surface area contributed by atoms with Crippen molar-refractivity contribution in [2.24, 2.45) is 0 Å². The first-order chi connectivity index (χ1) is 16.2. The first-order valence-electron chi connectivity index (χ1n) is 11.3. The van der Waals surface area contributed by atoms with Gasteiger partial charge in [0.05, 0.1) is 18.6 Å². The smallest absolute Gasteiger partial charge is 0.119 e. The number of hydrogen-bond donors (Lipinski definition) is 1. The number of hydrogen-bond acceptors (Lipinski definition) is 3. The Labute approximate surface area is 196 Å². The number of ether oxygens (including phenoxy) is 2. The number of benzene rings is 3. The van der Waals surface area contributed by atoms with E-state index >= 15 is 0 Å². The van der Waals surface area contributed by atoms with Crippen molar-refractivity contribution in [2.75, 3.05) is 19.8 Å². The standard InChI is InChI=1S/C30H30O3/c1-4-6-10-28-22(3)27-9-7-8-11-29(27)30(28,23-12-16-25(17-13-23)32-5-2)24-14-18-26(19-15-24)33-21-20-31/h4,6-19,31H,1,5,20-21H2,2-3H3/b10-6-. The van der Waals surface area contributed by atoms with Crippen molar-refractivity contribution in [1.82, 2.24) is 0 Å². The molecule has 1 N–H and O–H groups in total. The van der Waals surface area contributed by atoms with Crippen molar-refractivity contribution in [3.8, 4) is 11.5 Å². The van der Waals surface area contributed by atoms with Crippen LogP contribution in [0.15, 0.2) is 103 Å². The lowest BCUT2D eigenvalue weighted by Gasteiger charge is -2.35. The molecule has 1 aliphatic carbocycles. The van der Waals surface area contributed by atoms with Gasteiger partial charge in [0.25, 0.3) is 0 Å². The lowest BCUT2D eigenvalue weighted by atomic mass is 9.66. The maximum absolute atomic E-state index is 9.10. The van der Waals surface area contributed by atoms with Gasteiger partial charge in [0.15, 0.2) is 0 Å². The van der Waals surface area contributed by atoms with Crippen molar-refractivity contribution in [2.45, 2.75) is 19.3 Å². The third-order valence-corrected chi connectivity index (χ3v) is 6.19. The molecule has 0 radical (unpaired) electrons. The van der Waals surface area contributed by atoms with Gasteiger partial charge in [-0.15, -0.1) is 0 Å². The Bertz CT molecular complexity index is 1170. The second kappa shape index (κ2) is 9.93. The Kier molecular flexibility index (Phi) is 6.81. The third-order valence-electron chi connectivity index (χ3n) is 6.19. The molecule has 0 aromatic heterocycles. The largest absolute Gasteiger partial charge is 0.494 e. The fourth-order valence-corrected chi connectivity index (χ4v) is 4.84. The van der Waals surface area contributed by atoms with Crippen molar-refractivity contribution >= 4 is 5.57 Å². The monoisotopic (exact) mass is 438 g/mol. The Morgan fingerprint density at radius 3 is 2.06 bits per heavy atom. The molecule has 0 spiro atoms. The molecule has 0 amide bonds. The summed E-state index contributed by atoms with van der Waals surface area (Å²) in [5.74, 6) is 1.60. The summed E-state index contributed by atoms with van der Waals surface area (Å²) < 4.78 is 11.4. The van der Waals surface area contributed by atoms with Crippen LogP contribution in [0.3, 0.4) is 0 Å². The molecular formula is C30H30O3. The molecule has 0 saturated heterocycles. The van der Waals surface area contributed by atoms with E-state index in [2.05, 4.69) is 68.1 Å². The van der Waals surface area contributed by atoms with E-state index in [1.54, 1.807) is 0 Å². The molecular weight excluding hydrogens is 408 g/mol. The van der Waals surface area contributed by atoms with Crippen molar-refractivity contribution < 1.29 is 14.6 Å². The minimum atomic E-state index is -0.486. The highest BCUT2D eigenvalue weighted by Gasteiger charge is 2.45. The molecule has 0 saturated carbocycles. The molecule has 0 fully saturated rings. The quantitative estimate of drug-likeness (QED) is 0.397. The normalized spacial score (nSPS) is 17.3. The number of aliphatic hydroxyl groups is 1. The lowest BCUT2D eigenvalue weighted by Crippen LogP contribution is -2.29. The summed E-state index contributed by atoms with van der Waals surface area (Å²) in [5, 5.41) is 9.10. The van der Waals surface area contributed by atoms with Gasteiger partial charge >= 0.3 is 0 Å². The predicted molar refractivity (Wildman–Crippen MR) is 135 cm³/mol. The Hall–Kier alpha value is -3.56. The molecule has 3 nitrogen and oxygen atoms in total. The van der Waals surface area contributed by atoms with Crippen LogP contribution in [0, 0.1) is 0 Å². The zero-order valence-corrected chi connectivity index (χ0v) is 19.3. The maximum atomic E-state index is 9.10. The third kappa shape index (κ3) is 4.01. The molecule has 4 rings (SSSR count). The highest BCUT2D eigenvalue weighted by molar-refractivity contribution is 5.86. The van der Waals surface area contributed by atoms with Crippen LogP contribution in [0.2, 0.25) is 0 Å². The summed E-state index contributed by atoms with van der Waals surface area (Å²) in [6, 6.07) is 25.2. The van der Waals surface area contributed by atoms with E-state index in [-0.39, 0.29) is 13.2 Å². The van der Waals surface area contributed by atoms with E-state index in [0.717, 1.165) is 17.1 Å². The maximum Gasteiger partial charge on any atom is 0.119 e. The van der Waals surface area contributed by atoms with Crippen LogP contribution in [0.1, 0.15) is 36.1 Å². The van der Waals surface area contributed by atoms with E-state index in [1.165, 1.54) is 27.8 Å². The van der Waals surface area contributed by atoms with E-state index in [0.29, 0.717) is 6.61 Å². The number of fused-ring (bicyclic) bond motifs is 1. The topological polar surface area (TPSA) is 38.7 Å². The molecule has 1 aliphatic rings. The summed E-state index contributed by atoms with van der Waals surface area (Å²) in [6.45, 7) is 8.98. The van der Waals surface area contributed by atoms with Crippen LogP contribution in [0.4, 0.5) is 0 Å². The average molecular weight is 439 g/mol. The van der Waals surface area contributed by atoms with E-state index in [9.17, 15) is 0 Å². The highest BCUT2D eigenvalue weighted by Crippen LogP contribution is 2.55. The van der Waals surface area contributed by atoms with Gasteiger partial charge in [0.2, 0.25) is 0 Å². The fourth-order valence-electron chi connectivity index (χ4n) is 4.84. The molecule has 0 heterocycles. The van der Waals surface area contributed by atoms with Crippen molar-refractivity contribution in [3.05, 3.63) is 125 Å². The summed E-state index contributed by atoms with van der Waals surface area (Å²) in [4.78, 5) is 0. The molecule has 1 unspecified atom stereocenters. The van der Waals surface area contributed by atoms with Crippen molar-refractivity contribution in [1.29, 1.82) is 0 Å². The second-order valence-corrected chi connectivity index (χ2v) is 7.98.